The van der Waals surface area contributed by atoms with Crippen LogP contribution in [0.15, 0.2) is 42.9 Å². The summed E-state index contributed by atoms with van der Waals surface area (Å²) < 4.78 is 56.0. The number of nitrogens with zero attached hydrogens (tertiary/aromatic N) is 2. The highest BCUT2D eigenvalue weighted by Gasteiger charge is 2.17. The van der Waals surface area contributed by atoms with Crippen molar-refractivity contribution in [1.82, 2.24) is 14.7 Å². The molecule has 30 heavy (non-hydrogen) atoms. The van der Waals surface area contributed by atoms with Crippen molar-refractivity contribution >= 4 is 50.6 Å². The molecule has 0 unspecified atom stereocenters. The molecule has 0 aliphatic rings. The summed E-state index contributed by atoms with van der Waals surface area (Å²) in [5.41, 5.74) is 1.01. The van der Waals surface area contributed by atoms with Gasteiger partial charge < -0.3 is 5.32 Å². The zero-order valence-electron chi connectivity index (χ0n) is 15.4. The van der Waals surface area contributed by atoms with Crippen molar-refractivity contribution in [3.05, 3.63) is 75.7 Å². The van der Waals surface area contributed by atoms with Crippen LogP contribution >= 0.6 is 23.2 Å². The minimum absolute atomic E-state index is 0.00686. The van der Waals surface area contributed by atoms with Crippen LogP contribution in [0.3, 0.4) is 0 Å². The lowest BCUT2D eigenvalue weighted by atomic mass is 10.1. The molecule has 0 atom stereocenters. The summed E-state index contributed by atoms with van der Waals surface area (Å²) in [6, 6.07) is 5.50. The van der Waals surface area contributed by atoms with Crippen LogP contribution < -0.4 is 14.8 Å². The van der Waals surface area contributed by atoms with Gasteiger partial charge in [0.05, 0.1) is 22.6 Å². The van der Waals surface area contributed by atoms with Crippen LogP contribution in [0.25, 0.3) is 0 Å². The molecule has 0 aliphatic heterocycles. The molecule has 0 aliphatic carbocycles. The van der Waals surface area contributed by atoms with E-state index in [0.717, 1.165) is 6.07 Å². The molecule has 2 heterocycles. The molecular weight excluding hydrogens is 459 g/mol. The SMILES string of the molecule is CNS(=O)(=O)Nc1nccc(Cc2cncc(Nc3ccc(Cl)cc3F)c2Cl)c1F. The average Bonchev–Trinajstić information content (AvgIpc) is 2.69. The van der Waals surface area contributed by atoms with E-state index in [1.54, 1.807) is 0 Å². The van der Waals surface area contributed by atoms with Crippen molar-refractivity contribution in [2.75, 3.05) is 17.1 Å². The Morgan fingerprint density at radius 1 is 1.07 bits per heavy atom. The Morgan fingerprint density at radius 2 is 1.83 bits per heavy atom. The van der Waals surface area contributed by atoms with Crippen molar-refractivity contribution in [3.63, 3.8) is 0 Å². The third-order valence-electron chi connectivity index (χ3n) is 4.00. The highest BCUT2D eigenvalue weighted by molar-refractivity contribution is 7.90. The Kier molecular flexibility index (Phi) is 6.71. The van der Waals surface area contributed by atoms with Gasteiger partial charge in [0.25, 0.3) is 10.2 Å². The monoisotopic (exact) mass is 473 g/mol. The topological polar surface area (TPSA) is 96.0 Å². The van der Waals surface area contributed by atoms with Gasteiger partial charge in [-0.2, -0.15) is 8.42 Å². The summed E-state index contributed by atoms with van der Waals surface area (Å²) in [7, 11) is -2.76. The maximum Gasteiger partial charge on any atom is 0.300 e. The van der Waals surface area contributed by atoms with Gasteiger partial charge in [-0.15, -0.1) is 0 Å². The van der Waals surface area contributed by atoms with Crippen molar-refractivity contribution < 1.29 is 17.2 Å². The van der Waals surface area contributed by atoms with E-state index in [1.165, 1.54) is 43.8 Å². The molecule has 0 spiro atoms. The number of nitrogens with one attached hydrogen (secondary N) is 3. The first-order valence-corrected chi connectivity index (χ1v) is 10.6. The highest BCUT2D eigenvalue weighted by atomic mass is 35.5. The lowest BCUT2D eigenvalue weighted by Gasteiger charge is -2.13. The molecule has 0 saturated heterocycles. The predicted molar refractivity (Wildman–Crippen MR) is 113 cm³/mol. The van der Waals surface area contributed by atoms with Gasteiger partial charge in [0.2, 0.25) is 0 Å². The normalized spacial score (nSPS) is 11.4. The van der Waals surface area contributed by atoms with E-state index in [-0.39, 0.29) is 27.7 Å². The molecule has 0 amide bonds. The van der Waals surface area contributed by atoms with Gasteiger partial charge >= 0.3 is 0 Å². The predicted octanol–water partition coefficient (Wildman–Crippen LogP) is 4.27. The fourth-order valence-corrected chi connectivity index (χ4v) is 3.38. The fraction of sp³-hybridized carbons (Fsp3) is 0.111. The van der Waals surface area contributed by atoms with Gasteiger partial charge in [0, 0.05) is 30.9 Å². The second-order valence-corrected chi connectivity index (χ2v) is 8.46. The molecule has 2 aromatic heterocycles. The van der Waals surface area contributed by atoms with E-state index in [2.05, 4.69) is 15.3 Å². The lowest BCUT2D eigenvalue weighted by molar-refractivity contribution is 0.589. The molecule has 3 rings (SSSR count). The maximum atomic E-state index is 14.7. The van der Waals surface area contributed by atoms with E-state index >= 15 is 0 Å². The number of halogens is 4. The number of pyridine rings is 2. The number of hydrogen-bond acceptors (Lipinski definition) is 5. The largest absolute Gasteiger partial charge is 0.351 e. The van der Waals surface area contributed by atoms with Crippen LogP contribution in [-0.2, 0) is 16.6 Å². The van der Waals surface area contributed by atoms with E-state index in [4.69, 9.17) is 23.2 Å². The molecular formula is C18H15Cl2F2N5O2S. The second-order valence-electron chi connectivity index (χ2n) is 6.03. The minimum Gasteiger partial charge on any atom is -0.351 e. The van der Waals surface area contributed by atoms with Gasteiger partial charge in [-0.1, -0.05) is 23.2 Å². The molecule has 158 valence electrons. The van der Waals surface area contributed by atoms with Crippen LogP contribution in [-0.4, -0.2) is 25.4 Å². The van der Waals surface area contributed by atoms with Crippen molar-refractivity contribution in [2.24, 2.45) is 0 Å². The first-order chi connectivity index (χ1) is 14.2. The van der Waals surface area contributed by atoms with Gasteiger partial charge in [-0.3, -0.25) is 9.71 Å². The number of hydrogen-bond donors (Lipinski definition) is 3. The third-order valence-corrected chi connectivity index (χ3v) is 5.68. The molecule has 0 saturated carbocycles. The van der Waals surface area contributed by atoms with Crippen LogP contribution in [0.1, 0.15) is 11.1 Å². The first-order valence-electron chi connectivity index (χ1n) is 8.39. The van der Waals surface area contributed by atoms with Crippen LogP contribution in [0.5, 0.6) is 0 Å². The molecule has 12 heteroatoms. The smallest absolute Gasteiger partial charge is 0.300 e. The molecule has 3 N–H and O–H groups in total. The zero-order chi connectivity index (χ0) is 21.9. The standard InChI is InChI=1S/C18H15Cl2F2N5O2S/c1-23-30(28,29)27-18-17(22)10(4-5-25-18)6-11-8-24-9-15(16(11)20)26-14-3-2-12(19)7-13(14)21/h2-5,7-9,23,26H,6H2,1H3,(H,25,27). The number of aromatic nitrogens is 2. The van der Waals surface area contributed by atoms with Crippen molar-refractivity contribution in [3.8, 4) is 0 Å². The summed E-state index contributed by atoms with van der Waals surface area (Å²) in [5, 5.41) is 3.27. The summed E-state index contributed by atoms with van der Waals surface area (Å²) >= 11 is 12.2. The third kappa shape index (κ3) is 5.14. The number of rotatable bonds is 7. The number of anilines is 3. The van der Waals surface area contributed by atoms with Gasteiger partial charge in [0.1, 0.15) is 5.82 Å². The fourth-order valence-electron chi connectivity index (χ4n) is 2.51. The Balaban J connectivity index is 1.89. The van der Waals surface area contributed by atoms with Crippen molar-refractivity contribution in [2.45, 2.75) is 6.42 Å². The van der Waals surface area contributed by atoms with E-state index < -0.39 is 27.7 Å². The quantitative estimate of drug-likeness (QED) is 0.476. The summed E-state index contributed by atoms with van der Waals surface area (Å²) in [4.78, 5) is 7.76. The van der Waals surface area contributed by atoms with Gasteiger partial charge in [-0.25, -0.2) is 18.5 Å². The highest BCUT2D eigenvalue weighted by Crippen LogP contribution is 2.31. The second kappa shape index (κ2) is 9.09. The minimum atomic E-state index is -3.94. The molecule has 0 fully saturated rings. The van der Waals surface area contributed by atoms with Crippen LogP contribution in [0.4, 0.5) is 26.0 Å². The Hall–Kier alpha value is -2.53. The van der Waals surface area contributed by atoms with Gasteiger partial charge in [-0.05, 0) is 35.4 Å². The summed E-state index contributed by atoms with van der Waals surface area (Å²) in [6.45, 7) is 0. The van der Waals surface area contributed by atoms with E-state index in [9.17, 15) is 17.2 Å². The maximum absolute atomic E-state index is 14.7. The summed E-state index contributed by atoms with van der Waals surface area (Å²) in [5.74, 6) is -1.89. The Labute approximate surface area is 181 Å². The number of benzene rings is 1. The lowest BCUT2D eigenvalue weighted by Crippen LogP contribution is -2.27. The molecule has 3 aromatic rings. The van der Waals surface area contributed by atoms with E-state index in [1.807, 2.05) is 9.44 Å². The zero-order valence-corrected chi connectivity index (χ0v) is 17.7. The molecule has 1 aromatic carbocycles. The molecule has 7 nitrogen and oxygen atoms in total. The average molecular weight is 474 g/mol. The van der Waals surface area contributed by atoms with Gasteiger partial charge in [0.15, 0.2) is 11.6 Å². The summed E-state index contributed by atoms with van der Waals surface area (Å²) in [6.07, 6.45) is 4.09. The first kappa shape index (κ1) is 22.2. The Bertz CT molecular complexity index is 1200. The Morgan fingerprint density at radius 3 is 2.53 bits per heavy atom. The van der Waals surface area contributed by atoms with Crippen molar-refractivity contribution in [1.29, 1.82) is 0 Å². The van der Waals surface area contributed by atoms with Crippen LogP contribution in [0, 0.1) is 11.6 Å². The van der Waals surface area contributed by atoms with Crippen LogP contribution in [0.2, 0.25) is 10.0 Å². The molecule has 0 radical (unpaired) electrons. The van der Waals surface area contributed by atoms with E-state index in [0.29, 0.717) is 11.3 Å². The molecule has 0 bridgehead atoms.